The molecule has 0 fully saturated rings. The van der Waals surface area contributed by atoms with E-state index < -0.39 is 0 Å². The van der Waals surface area contributed by atoms with Crippen molar-refractivity contribution in [1.82, 2.24) is 4.57 Å². The van der Waals surface area contributed by atoms with E-state index in [9.17, 15) is 10.1 Å². The molecule has 1 amide bonds. The lowest BCUT2D eigenvalue weighted by atomic mass is 10.1. The van der Waals surface area contributed by atoms with Crippen LogP contribution in [0.3, 0.4) is 0 Å². The molecule has 1 atom stereocenters. The van der Waals surface area contributed by atoms with Crippen LogP contribution in [0, 0.1) is 25.2 Å². The van der Waals surface area contributed by atoms with Crippen molar-refractivity contribution in [3.8, 4) is 6.07 Å². The van der Waals surface area contributed by atoms with Gasteiger partial charge < -0.3 is 19.6 Å². The summed E-state index contributed by atoms with van der Waals surface area (Å²) in [4.78, 5) is 12.7. The van der Waals surface area contributed by atoms with E-state index in [1.165, 1.54) is 0 Å². The summed E-state index contributed by atoms with van der Waals surface area (Å²) in [5.74, 6) is 1.07. The number of rotatable bonds is 7. The Bertz CT molecular complexity index is 1050. The van der Waals surface area contributed by atoms with Crippen LogP contribution in [-0.2, 0) is 11.3 Å². The lowest BCUT2D eigenvalue weighted by Gasteiger charge is -2.14. The van der Waals surface area contributed by atoms with Gasteiger partial charge in [-0.15, -0.1) is 0 Å². The number of halogens is 1. The van der Waals surface area contributed by atoms with Gasteiger partial charge in [-0.25, -0.2) is 0 Å². The highest BCUT2D eigenvalue weighted by molar-refractivity contribution is 6.31. The van der Waals surface area contributed by atoms with Gasteiger partial charge in [0.15, 0.2) is 6.54 Å². The Balaban J connectivity index is 1.75. The fourth-order valence-corrected chi connectivity index (χ4v) is 3.63. The quantitative estimate of drug-likeness (QED) is 0.623. The molecule has 0 radical (unpaired) electrons. The predicted molar refractivity (Wildman–Crippen MR) is 112 cm³/mol. The standard InChI is InChI=1S/C22H23ClN4O2/c1-14-16(3)27(13-17-7-6-10-29-17)22(19(14)11-24)26-21(28)12-25-15(2)18-8-4-5-9-20(18)23/h4-10,15,25H,12-13H2,1-3H3,(H,26,28)/p+1/t15-/m0/s1. The molecule has 3 aromatic rings. The Labute approximate surface area is 175 Å². The highest BCUT2D eigenvalue weighted by Gasteiger charge is 2.21. The summed E-state index contributed by atoms with van der Waals surface area (Å²) >= 11 is 6.24. The first-order valence-corrected chi connectivity index (χ1v) is 9.80. The third kappa shape index (κ3) is 4.53. The molecule has 2 aromatic heterocycles. The van der Waals surface area contributed by atoms with Gasteiger partial charge in [-0.05, 0) is 44.5 Å². The molecule has 0 bridgehead atoms. The maximum absolute atomic E-state index is 12.7. The zero-order valence-electron chi connectivity index (χ0n) is 16.7. The van der Waals surface area contributed by atoms with E-state index in [1.54, 1.807) is 6.26 Å². The molecule has 3 rings (SSSR count). The Morgan fingerprint density at radius 3 is 2.72 bits per heavy atom. The van der Waals surface area contributed by atoms with Crippen molar-refractivity contribution in [3.05, 3.63) is 75.8 Å². The monoisotopic (exact) mass is 411 g/mol. The Morgan fingerprint density at radius 1 is 1.31 bits per heavy atom. The summed E-state index contributed by atoms with van der Waals surface area (Å²) in [6.07, 6.45) is 1.61. The molecule has 7 heteroatoms. The number of furan rings is 1. The minimum atomic E-state index is -0.182. The number of amides is 1. The minimum Gasteiger partial charge on any atom is -0.467 e. The molecule has 1 aromatic carbocycles. The number of carbonyl (C=O) groups is 1. The van der Waals surface area contributed by atoms with E-state index in [0.717, 1.165) is 22.6 Å². The molecule has 29 heavy (non-hydrogen) atoms. The Morgan fingerprint density at radius 2 is 2.07 bits per heavy atom. The van der Waals surface area contributed by atoms with Crippen LogP contribution in [0.25, 0.3) is 0 Å². The molecule has 0 spiro atoms. The topological polar surface area (TPSA) is 87.6 Å². The van der Waals surface area contributed by atoms with E-state index >= 15 is 0 Å². The maximum Gasteiger partial charge on any atom is 0.280 e. The molecular weight excluding hydrogens is 388 g/mol. The normalized spacial score (nSPS) is 11.8. The lowest BCUT2D eigenvalue weighted by Crippen LogP contribution is -2.86. The number of nitriles is 1. The zero-order chi connectivity index (χ0) is 21.0. The molecule has 0 aliphatic heterocycles. The third-order valence-corrected chi connectivity index (χ3v) is 5.49. The van der Waals surface area contributed by atoms with Crippen LogP contribution >= 0.6 is 11.6 Å². The highest BCUT2D eigenvalue weighted by Crippen LogP contribution is 2.27. The number of hydrogen-bond acceptors (Lipinski definition) is 3. The highest BCUT2D eigenvalue weighted by atomic mass is 35.5. The zero-order valence-corrected chi connectivity index (χ0v) is 17.5. The van der Waals surface area contributed by atoms with Crippen LogP contribution in [0.2, 0.25) is 5.02 Å². The van der Waals surface area contributed by atoms with Gasteiger partial charge >= 0.3 is 0 Å². The second-order valence-electron chi connectivity index (χ2n) is 7.01. The smallest absolute Gasteiger partial charge is 0.280 e. The number of nitrogens with zero attached hydrogens (tertiary/aromatic N) is 2. The molecule has 0 aliphatic rings. The maximum atomic E-state index is 12.7. The summed E-state index contributed by atoms with van der Waals surface area (Å²) in [5.41, 5.74) is 3.22. The van der Waals surface area contributed by atoms with Gasteiger partial charge in [0.25, 0.3) is 5.91 Å². The molecule has 150 valence electrons. The van der Waals surface area contributed by atoms with E-state index in [2.05, 4.69) is 11.4 Å². The Kier molecular flexibility index (Phi) is 6.42. The van der Waals surface area contributed by atoms with E-state index in [1.807, 2.05) is 67.1 Å². The minimum absolute atomic E-state index is 0.0308. The third-order valence-electron chi connectivity index (χ3n) is 5.15. The first-order chi connectivity index (χ1) is 13.9. The van der Waals surface area contributed by atoms with Crippen molar-refractivity contribution in [1.29, 1.82) is 5.26 Å². The first kappa shape index (κ1) is 20.7. The molecule has 3 N–H and O–H groups in total. The van der Waals surface area contributed by atoms with Gasteiger partial charge in [0.05, 0.1) is 18.4 Å². The van der Waals surface area contributed by atoms with Crippen molar-refractivity contribution in [2.75, 3.05) is 11.9 Å². The van der Waals surface area contributed by atoms with Crippen LogP contribution in [0.15, 0.2) is 47.1 Å². The molecule has 0 unspecified atom stereocenters. The van der Waals surface area contributed by atoms with E-state index in [0.29, 0.717) is 22.9 Å². The van der Waals surface area contributed by atoms with Gasteiger partial charge in [0, 0.05) is 16.3 Å². The molecule has 0 saturated carbocycles. The number of aromatic nitrogens is 1. The van der Waals surface area contributed by atoms with E-state index in [4.69, 9.17) is 16.0 Å². The molecular formula is C22H24ClN4O2+. The summed E-state index contributed by atoms with van der Waals surface area (Å²) in [6.45, 7) is 6.47. The predicted octanol–water partition coefficient (Wildman–Crippen LogP) is 3.53. The average Bonchev–Trinajstić information content (AvgIpc) is 3.29. The average molecular weight is 412 g/mol. The number of nitrogens with two attached hydrogens (primary N) is 1. The van der Waals surface area contributed by atoms with Crippen LogP contribution in [-0.4, -0.2) is 17.0 Å². The van der Waals surface area contributed by atoms with Crippen molar-refractivity contribution < 1.29 is 14.5 Å². The molecule has 6 nitrogen and oxygen atoms in total. The fraction of sp³-hybridized carbons (Fsp3) is 0.273. The number of nitrogens with one attached hydrogen (secondary N) is 1. The molecule has 0 saturated heterocycles. The van der Waals surface area contributed by atoms with Gasteiger partial charge in [-0.2, -0.15) is 5.26 Å². The summed E-state index contributed by atoms with van der Waals surface area (Å²) < 4.78 is 7.34. The number of carbonyl (C=O) groups excluding carboxylic acids is 1. The second kappa shape index (κ2) is 8.99. The Hall–Kier alpha value is -3.01. The summed E-state index contributed by atoms with van der Waals surface area (Å²) in [6, 6.07) is 13.5. The first-order valence-electron chi connectivity index (χ1n) is 9.42. The van der Waals surface area contributed by atoms with Crippen molar-refractivity contribution in [3.63, 3.8) is 0 Å². The van der Waals surface area contributed by atoms with Gasteiger partial charge in [0.1, 0.15) is 23.7 Å². The van der Waals surface area contributed by atoms with Crippen molar-refractivity contribution in [2.24, 2.45) is 0 Å². The van der Waals surface area contributed by atoms with Crippen LogP contribution in [0.4, 0.5) is 5.82 Å². The van der Waals surface area contributed by atoms with Crippen molar-refractivity contribution >= 4 is 23.3 Å². The SMILES string of the molecule is Cc1c(C#N)c(NC(=O)C[NH2+][C@@H](C)c2ccccc2Cl)n(Cc2ccco2)c1C. The number of benzene rings is 1. The summed E-state index contributed by atoms with van der Waals surface area (Å²) in [7, 11) is 0. The van der Waals surface area contributed by atoms with E-state index in [-0.39, 0.29) is 18.5 Å². The fourth-order valence-electron chi connectivity index (χ4n) is 3.32. The number of hydrogen-bond donors (Lipinski definition) is 2. The van der Waals surface area contributed by atoms with Gasteiger partial charge in [-0.3, -0.25) is 4.79 Å². The van der Waals surface area contributed by atoms with Gasteiger partial charge in [0.2, 0.25) is 0 Å². The molecule has 0 aliphatic carbocycles. The number of anilines is 1. The second-order valence-corrected chi connectivity index (χ2v) is 7.42. The largest absolute Gasteiger partial charge is 0.467 e. The van der Waals surface area contributed by atoms with Crippen LogP contribution in [0.5, 0.6) is 0 Å². The number of quaternary nitrogens is 1. The van der Waals surface area contributed by atoms with Gasteiger partial charge in [-0.1, -0.05) is 29.8 Å². The van der Waals surface area contributed by atoms with Crippen LogP contribution in [0.1, 0.15) is 41.1 Å². The summed E-state index contributed by atoms with van der Waals surface area (Å²) in [5, 5.41) is 15.1. The van der Waals surface area contributed by atoms with Crippen molar-refractivity contribution in [2.45, 2.75) is 33.4 Å². The molecule has 2 heterocycles. The lowest BCUT2D eigenvalue weighted by molar-refractivity contribution is -0.682. The van der Waals surface area contributed by atoms with Crippen LogP contribution < -0.4 is 10.6 Å².